The minimum absolute atomic E-state index is 0.0956. The average Bonchev–Trinajstić information content (AvgIpc) is 2.53. The van der Waals surface area contributed by atoms with Gasteiger partial charge >= 0.3 is 6.18 Å². The first-order valence-electron chi connectivity index (χ1n) is 8.90. The van der Waals surface area contributed by atoms with Crippen molar-refractivity contribution in [3.63, 3.8) is 0 Å². The van der Waals surface area contributed by atoms with Crippen molar-refractivity contribution in [1.29, 1.82) is 0 Å². The van der Waals surface area contributed by atoms with Crippen molar-refractivity contribution in [2.45, 2.75) is 63.6 Å². The number of nitrogens with zero attached hydrogens (tertiary/aromatic N) is 1. The highest BCUT2D eigenvalue weighted by molar-refractivity contribution is 7.88. The number of carbonyl (C=O) groups excluding carboxylic acids is 1. The number of hydrogen-bond donors (Lipinski definition) is 1. The van der Waals surface area contributed by atoms with Gasteiger partial charge in [-0.2, -0.15) is 13.2 Å². The van der Waals surface area contributed by atoms with E-state index in [1.165, 1.54) is 0 Å². The Morgan fingerprint density at radius 3 is 2.52 bits per heavy atom. The second-order valence-corrected chi connectivity index (χ2v) is 9.07. The molecule has 1 amide bonds. The number of likely N-dealkylation sites (tertiary alicyclic amines) is 1. The second kappa shape index (κ2) is 8.24. The van der Waals surface area contributed by atoms with Gasteiger partial charge in [-0.15, -0.1) is 0 Å². The molecular formula is C16H27F3N2O3S. The van der Waals surface area contributed by atoms with E-state index in [4.69, 9.17) is 0 Å². The van der Waals surface area contributed by atoms with Crippen molar-refractivity contribution < 1.29 is 26.4 Å². The summed E-state index contributed by atoms with van der Waals surface area (Å²) in [4.78, 5) is 14.5. The van der Waals surface area contributed by atoms with Gasteiger partial charge in [-0.1, -0.05) is 6.42 Å². The summed E-state index contributed by atoms with van der Waals surface area (Å²) in [6, 6.07) is -0.0956. The maximum absolute atomic E-state index is 13.0. The number of sulfonamides is 1. The van der Waals surface area contributed by atoms with Crippen molar-refractivity contribution in [3.8, 4) is 0 Å². The number of piperidine rings is 1. The van der Waals surface area contributed by atoms with Crippen LogP contribution in [0.1, 0.15) is 51.4 Å². The summed E-state index contributed by atoms with van der Waals surface area (Å²) in [6.07, 6.45) is 0.823. The van der Waals surface area contributed by atoms with Gasteiger partial charge in [-0.05, 0) is 44.9 Å². The minimum Gasteiger partial charge on any atom is -0.339 e. The number of amides is 1. The third-order valence-corrected chi connectivity index (χ3v) is 5.97. The molecule has 0 spiro atoms. The summed E-state index contributed by atoms with van der Waals surface area (Å²) < 4.78 is 63.7. The largest absolute Gasteiger partial charge is 0.391 e. The molecular weight excluding hydrogens is 357 g/mol. The molecule has 25 heavy (non-hydrogen) atoms. The summed E-state index contributed by atoms with van der Waals surface area (Å²) in [6.45, 7) is 0.790. The van der Waals surface area contributed by atoms with Crippen LogP contribution >= 0.6 is 0 Å². The number of carbonyl (C=O) groups is 1. The van der Waals surface area contributed by atoms with Gasteiger partial charge in [0, 0.05) is 25.0 Å². The number of alkyl halides is 3. The highest BCUT2D eigenvalue weighted by Gasteiger charge is 2.44. The van der Waals surface area contributed by atoms with Crippen LogP contribution in [0.15, 0.2) is 0 Å². The van der Waals surface area contributed by atoms with Gasteiger partial charge < -0.3 is 4.90 Å². The Bertz CT molecular complexity index is 565. The number of rotatable bonds is 5. The SMILES string of the molecule is CS(=O)(=O)NCCC1CCCCN1C(=O)C1CCCC(C(F)(F)F)C1. The number of hydrogen-bond acceptors (Lipinski definition) is 3. The molecule has 1 aliphatic carbocycles. The van der Waals surface area contributed by atoms with Crippen molar-refractivity contribution in [2.75, 3.05) is 19.3 Å². The van der Waals surface area contributed by atoms with Crippen molar-refractivity contribution in [1.82, 2.24) is 9.62 Å². The maximum atomic E-state index is 13.0. The van der Waals surface area contributed by atoms with Gasteiger partial charge in [0.05, 0.1) is 12.2 Å². The zero-order chi connectivity index (χ0) is 18.7. The summed E-state index contributed by atoms with van der Waals surface area (Å²) >= 11 is 0. The topological polar surface area (TPSA) is 66.5 Å². The zero-order valence-corrected chi connectivity index (χ0v) is 15.3. The molecule has 2 rings (SSSR count). The molecule has 1 heterocycles. The highest BCUT2D eigenvalue weighted by atomic mass is 32.2. The monoisotopic (exact) mass is 384 g/mol. The molecule has 0 aromatic carbocycles. The van der Waals surface area contributed by atoms with Crippen LogP contribution in [0.5, 0.6) is 0 Å². The lowest BCUT2D eigenvalue weighted by Gasteiger charge is -2.40. The molecule has 146 valence electrons. The first kappa shape index (κ1) is 20.5. The van der Waals surface area contributed by atoms with Crippen LogP contribution in [0.3, 0.4) is 0 Å². The van der Waals surface area contributed by atoms with Crippen molar-refractivity contribution >= 4 is 15.9 Å². The van der Waals surface area contributed by atoms with Crippen LogP contribution in [0.4, 0.5) is 13.2 Å². The second-order valence-electron chi connectivity index (χ2n) is 7.24. The summed E-state index contributed by atoms with van der Waals surface area (Å²) in [5.41, 5.74) is 0. The van der Waals surface area contributed by atoms with Crippen LogP contribution in [-0.4, -0.2) is 50.8 Å². The van der Waals surface area contributed by atoms with E-state index < -0.39 is 28.0 Å². The third-order valence-electron chi connectivity index (χ3n) is 5.24. The molecule has 0 aromatic rings. The molecule has 0 aromatic heterocycles. The van der Waals surface area contributed by atoms with E-state index in [-0.39, 0.29) is 31.3 Å². The molecule has 2 aliphatic rings. The Morgan fingerprint density at radius 1 is 1.16 bits per heavy atom. The van der Waals surface area contributed by atoms with E-state index in [0.717, 1.165) is 25.5 Å². The standard InChI is InChI=1S/C16H27F3N2O3S/c1-25(23,24)20-9-8-14-7-2-3-10-21(14)15(22)12-5-4-6-13(11-12)16(17,18)19/h12-14,20H,2-11H2,1H3. The molecule has 1 saturated carbocycles. The molecule has 1 saturated heterocycles. The lowest BCUT2D eigenvalue weighted by molar-refractivity contribution is -0.187. The van der Waals surface area contributed by atoms with Gasteiger partial charge in [0.1, 0.15) is 0 Å². The highest BCUT2D eigenvalue weighted by Crippen LogP contribution is 2.41. The van der Waals surface area contributed by atoms with Gasteiger partial charge in [-0.3, -0.25) is 4.79 Å². The Morgan fingerprint density at radius 2 is 1.88 bits per heavy atom. The lowest BCUT2D eigenvalue weighted by atomic mass is 9.79. The Hall–Kier alpha value is -0.830. The van der Waals surface area contributed by atoms with E-state index in [2.05, 4.69) is 4.72 Å². The fourth-order valence-corrected chi connectivity index (χ4v) is 4.44. The quantitative estimate of drug-likeness (QED) is 0.793. The molecule has 1 aliphatic heterocycles. The third kappa shape index (κ3) is 6.13. The van der Waals surface area contributed by atoms with Crippen LogP contribution in [0, 0.1) is 11.8 Å². The molecule has 0 bridgehead atoms. The molecule has 3 unspecified atom stereocenters. The van der Waals surface area contributed by atoms with E-state index in [0.29, 0.717) is 25.8 Å². The average molecular weight is 384 g/mol. The van der Waals surface area contributed by atoms with E-state index >= 15 is 0 Å². The van der Waals surface area contributed by atoms with Gasteiger partial charge in [-0.25, -0.2) is 13.1 Å². The Kier molecular flexibility index (Phi) is 6.75. The van der Waals surface area contributed by atoms with Crippen LogP contribution in [0.25, 0.3) is 0 Å². The van der Waals surface area contributed by atoms with E-state index in [1.807, 2.05) is 0 Å². The normalized spacial score (nSPS) is 28.8. The van der Waals surface area contributed by atoms with E-state index in [1.54, 1.807) is 4.90 Å². The van der Waals surface area contributed by atoms with Crippen LogP contribution < -0.4 is 4.72 Å². The zero-order valence-electron chi connectivity index (χ0n) is 14.5. The van der Waals surface area contributed by atoms with Gasteiger partial charge in [0.2, 0.25) is 15.9 Å². The summed E-state index contributed by atoms with van der Waals surface area (Å²) in [7, 11) is -3.29. The minimum atomic E-state index is -4.24. The summed E-state index contributed by atoms with van der Waals surface area (Å²) in [5.74, 6) is -2.13. The van der Waals surface area contributed by atoms with Crippen molar-refractivity contribution in [3.05, 3.63) is 0 Å². The molecule has 3 atom stereocenters. The molecule has 9 heteroatoms. The summed E-state index contributed by atoms with van der Waals surface area (Å²) in [5, 5.41) is 0. The van der Waals surface area contributed by atoms with E-state index in [9.17, 15) is 26.4 Å². The van der Waals surface area contributed by atoms with Crippen molar-refractivity contribution in [2.24, 2.45) is 11.8 Å². The molecule has 5 nitrogen and oxygen atoms in total. The van der Waals surface area contributed by atoms with Gasteiger partial charge in [0.25, 0.3) is 0 Å². The Labute approximate surface area is 147 Å². The van der Waals surface area contributed by atoms with Crippen LogP contribution in [0.2, 0.25) is 0 Å². The lowest BCUT2D eigenvalue weighted by Crippen LogP contribution is -2.48. The smallest absolute Gasteiger partial charge is 0.339 e. The molecule has 0 radical (unpaired) electrons. The fraction of sp³-hybridized carbons (Fsp3) is 0.938. The first-order chi connectivity index (χ1) is 11.6. The Balaban J connectivity index is 1.97. The van der Waals surface area contributed by atoms with Gasteiger partial charge in [0.15, 0.2) is 0 Å². The predicted molar refractivity (Wildman–Crippen MR) is 88.3 cm³/mol. The number of nitrogens with one attached hydrogen (secondary N) is 1. The van der Waals surface area contributed by atoms with Crippen LogP contribution in [-0.2, 0) is 14.8 Å². The predicted octanol–water partition coefficient (Wildman–Crippen LogP) is 2.68. The molecule has 1 N–H and O–H groups in total. The maximum Gasteiger partial charge on any atom is 0.391 e. The number of halogens is 3. The fourth-order valence-electron chi connectivity index (χ4n) is 3.95. The first-order valence-corrected chi connectivity index (χ1v) is 10.8. The molecule has 2 fully saturated rings.